The minimum atomic E-state index is -1.30. The van der Waals surface area contributed by atoms with Crippen LogP contribution in [0.4, 0.5) is 8.78 Å². The largest absolute Gasteiger partial charge is 0.385 e. The van der Waals surface area contributed by atoms with Gasteiger partial charge in [0.15, 0.2) is 0 Å². The van der Waals surface area contributed by atoms with Crippen LogP contribution in [0, 0.1) is 11.6 Å². The molecule has 0 aliphatic rings. The van der Waals surface area contributed by atoms with Crippen LogP contribution < -0.4 is 0 Å². The lowest BCUT2D eigenvalue weighted by Gasteiger charge is -2.24. The number of nitrogens with zero attached hydrogens (tertiary/aromatic N) is 2. The maximum Gasteiger partial charge on any atom is 0.126 e. The zero-order valence-corrected chi connectivity index (χ0v) is 10.9. The van der Waals surface area contributed by atoms with Crippen LogP contribution in [0.3, 0.4) is 0 Å². The number of rotatable bonds is 4. The van der Waals surface area contributed by atoms with Crippen molar-refractivity contribution in [2.75, 3.05) is 0 Å². The molecule has 0 saturated heterocycles. The van der Waals surface area contributed by atoms with Gasteiger partial charge in [-0.1, -0.05) is 0 Å². The second kappa shape index (κ2) is 5.09. The van der Waals surface area contributed by atoms with Gasteiger partial charge in [-0.05, 0) is 31.0 Å². The van der Waals surface area contributed by atoms with Gasteiger partial charge in [0.2, 0.25) is 0 Å². The van der Waals surface area contributed by atoms with Gasteiger partial charge in [0.05, 0.1) is 5.60 Å². The molecule has 5 heteroatoms. The number of halogens is 2. The van der Waals surface area contributed by atoms with E-state index in [1.807, 2.05) is 17.8 Å². The van der Waals surface area contributed by atoms with Gasteiger partial charge in [-0.15, -0.1) is 0 Å². The highest BCUT2D eigenvalue weighted by atomic mass is 19.1. The zero-order chi connectivity index (χ0) is 14.0. The van der Waals surface area contributed by atoms with Gasteiger partial charge >= 0.3 is 0 Å². The number of aromatic nitrogens is 2. The van der Waals surface area contributed by atoms with E-state index in [4.69, 9.17) is 0 Å². The van der Waals surface area contributed by atoms with E-state index in [2.05, 4.69) is 4.98 Å². The Balaban J connectivity index is 2.15. The molecule has 0 aliphatic carbocycles. The van der Waals surface area contributed by atoms with Crippen LogP contribution in [-0.4, -0.2) is 14.7 Å². The highest BCUT2D eigenvalue weighted by Crippen LogP contribution is 2.27. The Bertz CT molecular complexity index is 558. The molecule has 1 unspecified atom stereocenters. The van der Waals surface area contributed by atoms with E-state index in [0.29, 0.717) is 12.8 Å². The second-order valence-corrected chi connectivity index (χ2v) is 4.89. The number of imidazole rings is 1. The van der Waals surface area contributed by atoms with Gasteiger partial charge in [0.1, 0.15) is 17.5 Å². The van der Waals surface area contributed by atoms with Gasteiger partial charge < -0.3 is 9.67 Å². The van der Waals surface area contributed by atoms with Crippen LogP contribution in [-0.2, 0) is 19.1 Å². The zero-order valence-electron chi connectivity index (χ0n) is 10.9. The predicted molar refractivity (Wildman–Crippen MR) is 67.5 cm³/mol. The van der Waals surface area contributed by atoms with Crippen molar-refractivity contribution >= 4 is 0 Å². The topological polar surface area (TPSA) is 38.0 Å². The van der Waals surface area contributed by atoms with Crippen LogP contribution >= 0.6 is 0 Å². The molecule has 0 amide bonds. The number of aryl methyl sites for hydroxylation is 2. The molecule has 0 fully saturated rings. The highest BCUT2D eigenvalue weighted by molar-refractivity contribution is 5.23. The molecule has 102 valence electrons. The molecule has 0 bridgehead atoms. The normalized spacial score (nSPS) is 14.4. The molecular formula is C14H16F2N2O. The van der Waals surface area contributed by atoms with Gasteiger partial charge in [-0.2, -0.15) is 0 Å². The van der Waals surface area contributed by atoms with Crippen LogP contribution in [0.2, 0.25) is 0 Å². The van der Waals surface area contributed by atoms with E-state index in [1.165, 1.54) is 0 Å². The Hall–Kier alpha value is -1.75. The quantitative estimate of drug-likeness (QED) is 0.923. The standard InChI is InChI=1S/C14H16F2N2O/c1-14(19,4-3-13-17-5-6-18(13)2)10-7-11(15)9-12(16)8-10/h5-9,19H,3-4H2,1-2H3. The second-order valence-electron chi connectivity index (χ2n) is 4.89. The van der Waals surface area contributed by atoms with Crippen molar-refractivity contribution in [1.82, 2.24) is 9.55 Å². The maximum atomic E-state index is 13.2. The molecule has 1 aromatic heterocycles. The molecule has 1 atom stereocenters. The van der Waals surface area contributed by atoms with E-state index in [-0.39, 0.29) is 5.56 Å². The first-order valence-electron chi connectivity index (χ1n) is 6.03. The molecule has 3 nitrogen and oxygen atoms in total. The van der Waals surface area contributed by atoms with Crippen LogP contribution in [0.25, 0.3) is 0 Å². The highest BCUT2D eigenvalue weighted by Gasteiger charge is 2.24. The summed E-state index contributed by atoms with van der Waals surface area (Å²) >= 11 is 0. The van der Waals surface area contributed by atoms with E-state index in [1.54, 1.807) is 13.1 Å². The molecule has 1 heterocycles. The van der Waals surface area contributed by atoms with Gasteiger partial charge in [0, 0.05) is 31.9 Å². The van der Waals surface area contributed by atoms with E-state index in [0.717, 1.165) is 24.0 Å². The maximum absolute atomic E-state index is 13.2. The molecule has 2 rings (SSSR count). The lowest BCUT2D eigenvalue weighted by atomic mass is 9.91. The minimum absolute atomic E-state index is 0.235. The summed E-state index contributed by atoms with van der Waals surface area (Å²) in [6.45, 7) is 1.55. The van der Waals surface area contributed by atoms with Crippen molar-refractivity contribution in [1.29, 1.82) is 0 Å². The third-order valence-corrected chi connectivity index (χ3v) is 3.24. The summed E-state index contributed by atoms with van der Waals surface area (Å²) in [5.41, 5.74) is -1.06. The lowest BCUT2D eigenvalue weighted by molar-refractivity contribution is 0.0467. The fourth-order valence-electron chi connectivity index (χ4n) is 2.00. The van der Waals surface area contributed by atoms with E-state index in [9.17, 15) is 13.9 Å². The van der Waals surface area contributed by atoms with Crippen molar-refractivity contribution in [3.05, 3.63) is 53.6 Å². The van der Waals surface area contributed by atoms with Crippen molar-refractivity contribution in [3.8, 4) is 0 Å². The molecule has 19 heavy (non-hydrogen) atoms. The van der Waals surface area contributed by atoms with Crippen LogP contribution in [0.1, 0.15) is 24.7 Å². The van der Waals surface area contributed by atoms with Gasteiger partial charge in [0.25, 0.3) is 0 Å². The summed E-state index contributed by atoms with van der Waals surface area (Å²) in [5, 5.41) is 10.4. The monoisotopic (exact) mass is 266 g/mol. The Morgan fingerprint density at radius 1 is 1.26 bits per heavy atom. The van der Waals surface area contributed by atoms with Gasteiger partial charge in [-0.3, -0.25) is 0 Å². The van der Waals surface area contributed by atoms with E-state index >= 15 is 0 Å². The first-order valence-corrected chi connectivity index (χ1v) is 6.03. The summed E-state index contributed by atoms with van der Waals surface area (Å²) < 4.78 is 28.2. The molecule has 0 spiro atoms. The Morgan fingerprint density at radius 3 is 2.42 bits per heavy atom. The molecule has 1 aromatic carbocycles. The number of benzene rings is 1. The molecule has 0 radical (unpaired) electrons. The van der Waals surface area contributed by atoms with Crippen molar-refractivity contribution in [2.45, 2.75) is 25.4 Å². The first-order chi connectivity index (χ1) is 8.88. The minimum Gasteiger partial charge on any atom is -0.385 e. The summed E-state index contributed by atoms with van der Waals surface area (Å²) in [4.78, 5) is 4.15. The fourth-order valence-corrected chi connectivity index (χ4v) is 2.00. The number of hydrogen-bond acceptors (Lipinski definition) is 2. The average molecular weight is 266 g/mol. The summed E-state index contributed by atoms with van der Waals surface area (Å²) in [6.07, 6.45) is 4.34. The number of hydrogen-bond donors (Lipinski definition) is 1. The van der Waals surface area contributed by atoms with Crippen molar-refractivity contribution in [3.63, 3.8) is 0 Å². The summed E-state index contributed by atoms with van der Waals surface area (Å²) in [7, 11) is 1.86. The Kier molecular flexibility index (Phi) is 3.66. The lowest BCUT2D eigenvalue weighted by Crippen LogP contribution is -2.23. The fraction of sp³-hybridized carbons (Fsp3) is 0.357. The molecular weight excluding hydrogens is 250 g/mol. The van der Waals surface area contributed by atoms with E-state index < -0.39 is 17.2 Å². The average Bonchev–Trinajstić information content (AvgIpc) is 2.71. The number of aliphatic hydroxyl groups is 1. The van der Waals surface area contributed by atoms with Gasteiger partial charge in [-0.25, -0.2) is 13.8 Å². The van der Waals surface area contributed by atoms with Crippen molar-refractivity contribution < 1.29 is 13.9 Å². The third-order valence-electron chi connectivity index (χ3n) is 3.24. The predicted octanol–water partition coefficient (Wildman–Crippen LogP) is 2.54. The third kappa shape index (κ3) is 3.17. The SMILES string of the molecule is Cn1ccnc1CCC(C)(O)c1cc(F)cc(F)c1. The van der Waals surface area contributed by atoms with Crippen LogP contribution in [0.5, 0.6) is 0 Å². The Labute approximate surface area is 110 Å². The van der Waals surface area contributed by atoms with Crippen LogP contribution in [0.15, 0.2) is 30.6 Å². The first kappa shape index (κ1) is 13.7. The molecule has 0 aliphatic heterocycles. The molecule has 2 aromatic rings. The molecule has 1 N–H and O–H groups in total. The summed E-state index contributed by atoms with van der Waals surface area (Å²) in [5.74, 6) is -0.559. The summed E-state index contributed by atoms with van der Waals surface area (Å²) in [6, 6.07) is 3.10. The Morgan fingerprint density at radius 2 is 1.89 bits per heavy atom. The smallest absolute Gasteiger partial charge is 0.126 e. The molecule has 0 saturated carbocycles. The van der Waals surface area contributed by atoms with Crippen molar-refractivity contribution in [2.24, 2.45) is 7.05 Å².